The van der Waals surface area contributed by atoms with E-state index in [1.807, 2.05) is 65.2 Å². The van der Waals surface area contributed by atoms with Crippen LogP contribution in [0.25, 0.3) is 27.6 Å². The Bertz CT molecular complexity index is 1430. The predicted octanol–water partition coefficient (Wildman–Crippen LogP) is 7.04. The van der Waals surface area contributed by atoms with Gasteiger partial charge in [-0.1, -0.05) is 40.2 Å². The molecule has 0 aliphatic rings. The highest BCUT2D eigenvalue weighted by Gasteiger charge is 2.14. The molecule has 0 fully saturated rings. The number of nitrogens with zero attached hydrogens (tertiary/aromatic N) is 2. The quantitative estimate of drug-likeness (QED) is 0.306. The van der Waals surface area contributed by atoms with Crippen molar-refractivity contribution in [3.05, 3.63) is 95.1 Å². The van der Waals surface area contributed by atoms with Gasteiger partial charge in [0.25, 0.3) is 0 Å². The normalized spacial score (nSPS) is 13.2. The Morgan fingerprint density at radius 3 is 2.61 bits per heavy atom. The summed E-state index contributed by atoms with van der Waals surface area (Å²) in [7, 11) is 0. The van der Waals surface area contributed by atoms with Crippen molar-refractivity contribution in [1.82, 2.24) is 9.55 Å². The summed E-state index contributed by atoms with van der Waals surface area (Å²) in [5.41, 5.74) is 2.10. The molecule has 0 bridgehead atoms. The lowest BCUT2D eigenvalue weighted by Crippen LogP contribution is -1.97. The van der Waals surface area contributed by atoms with Gasteiger partial charge in [-0.15, -0.1) is 0 Å². The molecule has 0 saturated heterocycles. The molecule has 5 rings (SSSR count). The molecule has 0 unspecified atom stereocenters. The fourth-order valence-electron chi connectivity index (χ4n) is 3.47. The van der Waals surface area contributed by atoms with Gasteiger partial charge in [0.1, 0.15) is 17.3 Å². The van der Waals surface area contributed by atoms with Crippen LogP contribution in [0.4, 0.5) is 0 Å². The Balaban J connectivity index is 1.72. The van der Waals surface area contributed by atoms with E-state index in [1.165, 1.54) is 6.07 Å². The summed E-state index contributed by atoms with van der Waals surface area (Å²) < 4.78 is 32.3. The molecule has 28 heavy (non-hydrogen) atoms. The van der Waals surface area contributed by atoms with E-state index in [0.29, 0.717) is 11.6 Å². The van der Waals surface area contributed by atoms with Crippen molar-refractivity contribution in [3.8, 4) is 17.3 Å². The fraction of sp³-hybridized carbons (Fsp3) is 0.0417. The first-order valence-electron chi connectivity index (χ1n) is 10.3. The van der Waals surface area contributed by atoms with E-state index < -0.39 is 6.85 Å². The molecule has 2 heterocycles. The zero-order chi connectivity index (χ0) is 21.6. The second-order valence-corrected chi connectivity index (χ2v) is 7.41. The number of hydrogen-bond donors (Lipinski definition) is 0. The average molecular weight is 432 g/mol. The maximum Gasteiger partial charge on any atom is 0.137 e. The van der Waals surface area contributed by atoms with E-state index >= 15 is 0 Å². The van der Waals surface area contributed by atoms with E-state index in [2.05, 4.69) is 27.0 Å². The number of ether oxygens (including phenoxy) is 1. The minimum atomic E-state index is -2.20. The second kappa shape index (κ2) is 6.80. The molecule has 0 aliphatic heterocycles. The molecule has 4 heteroatoms. The van der Waals surface area contributed by atoms with Crippen LogP contribution < -0.4 is 4.74 Å². The zero-order valence-corrected chi connectivity index (χ0v) is 16.3. The first-order chi connectivity index (χ1) is 14.9. The molecule has 0 saturated carbocycles. The van der Waals surface area contributed by atoms with Crippen molar-refractivity contribution in [3.63, 3.8) is 0 Å². The number of fused-ring (bicyclic) bond motifs is 3. The van der Waals surface area contributed by atoms with Crippen LogP contribution in [0.15, 0.2) is 89.5 Å². The molecular weight excluding hydrogens is 412 g/mol. The van der Waals surface area contributed by atoms with Crippen LogP contribution in [0.1, 0.15) is 9.68 Å². The molecule has 0 radical (unpaired) electrons. The first kappa shape index (κ1) is 14.0. The second-order valence-electron chi connectivity index (χ2n) is 6.49. The number of benzene rings is 3. The van der Waals surface area contributed by atoms with E-state index in [0.717, 1.165) is 32.0 Å². The number of pyridine rings is 1. The molecule has 5 aromatic rings. The third-order valence-corrected chi connectivity index (χ3v) is 5.14. The van der Waals surface area contributed by atoms with Crippen molar-refractivity contribution >= 4 is 37.7 Å². The monoisotopic (exact) mass is 431 g/mol. The lowest BCUT2D eigenvalue weighted by atomic mass is 10.1. The van der Waals surface area contributed by atoms with Crippen molar-refractivity contribution in [2.75, 3.05) is 0 Å². The third-order valence-electron chi connectivity index (χ3n) is 4.65. The highest BCUT2D eigenvalue weighted by molar-refractivity contribution is 9.10. The lowest BCUT2D eigenvalue weighted by molar-refractivity contribution is 0.483. The smallest absolute Gasteiger partial charge is 0.137 e. The van der Waals surface area contributed by atoms with Gasteiger partial charge in [0.15, 0.2) is 0 Å². The molecule has 0 spiro atoms. The summed E-state index contributed by atoms with van der Waals surface area (Å²) in [4.78, 5) is 4.49. The van der Waals surface area contributed by atoms with E-state index in [-0.39, 0.29) is 5.56 Å². The SMILES string of the molecule is [2H]C([2H])([2H])c1ccnc(-n2c3ccccc3c3ccc(Oc4cccc(Br)c4)cc32)c1. The number of hydrogen-bond acceptors (Lipinski definition) is 2. The zero-order valence-electron chi connectivity index (χ0n) is 17.8. The van der Waals surface area contributed by atoms with Gasteiger partial charge >= 0.3 is 0 Å². The van der Waals surface area contributed by atoms with Crippen LogP contribution in [0.5, 0.6) is 11.5 Å². The summed E-state index contributed by atoms with van der Waals surface area (Å²) >= 11 is 3.47. The van der Waals surface area contributed by atoms with E-state index in [9.17, 15) is 0 Å². The van der Waals surface area contributed by atoms with Crippen LogP contribution in [-0.2, 0) is 0 Å². The fourth-order valence-corrected chi connectivity index (χ4v) is 3.85. The van der Waals surface area contributed by atoms with Crippen molar-refractivity contribution < 1.29 is 8.85 Å². The van der Waals surface area contributed by atoms with Gasteiger partial charge in [-0.2, -0.15) is 0 Å². The van der Waals surface area contributed by atoms with E-state index in [1.54, 1.807) is 12.3 Å². The molecule has 136 valence electrons. The van der Waals surface area contributed by atoms with Crippen molar-refractivity contribution in [1.29, 1.82) is 0 Å². The average Bonchev–Trinajstić information content (AvgIpc) is 3.07. The standard InChI is InChI=1S/C24H17BrN2O/c1-16-11-12-26-24(13-16)27-22-8-3-2-7-20(22)21-10-9-19(15-23(21)27)28-18-6-4-5-17(25)14-18/h2-15H,1H3/i1D3. The predicted molar refractivity (Wildman–Crippen MR) is 118 cm³/mol. The minimum absolute atomic E-state index is 0.255. The summed E-state index contributed by atoms with van der Waals surface area (Å²) in [6.45, 7) is -2.20. The Labute approximate surface area is 175 Å². The van der Waals surface area contributed by atoms with Crippen molar-refractivity contribution in [2.45, 2.75) is 6.85 Å². The summed E-state index contributed by atoms with van der Waals surface area (Å²) in [6.07, 6.45) is 1.54. The highest BCUT2D eigenvalue weighted by Crippen LogP contribution is 2.35. The number of aryl methyl sites for hydroxylation is 1. The van der Waals surface area contributed by atoms with Gasteiger partial charge < -0.3 is 4.74 Å². The van der Waals surface area contributed by atoms with Gasteiger partial charge in [0.05, 0.1) is 11.0 Å². The maximum atomic E-state index is 7.77. The van der Waals surface area contributed by atoms with Gasteiger partial charge in [-0.3, -0.25) is 4.57 Å². The number of halogens is 1. The van der Waals surface area contributed by atoms with Gasteiger partial charge in [0, 0.05) is 31.6 Å². The Morgan fingerprint density at radius 2 is 1.71 bits per heavy atom. The van der Waals surface area contributed by atoms with Gasteiger partial charge in [-0.05, 0) is 60.9 Å². The van der Waals surface area contributed by atoms with Crippen LogP contribution >= 0.6 is 15.9 Å². The van der Waals surface area contributed by atoms with Crippen LogP contribution in [-0.4, -0.2) is 9.55 Å². The van der Waals surface area contributed by atoms with Gasteiger partial charge in [0.2, 0.25) is 0 Å². The number of rotatable bonds is 3. The lowest BCUT2D eigenvalue weighted by Gasteiger charge is -2.09. The summed E-state index contributed by atoms with van der Waals surface area (Å²) in [5.74, 6) is 1.96. The Hall–Kier alpha value is -3.11. The molecule has 0 aliphatic carbocycles. The summed E-state index contributed by atoms with van der Waals surface area (Å²) in [5, 5.41) is 2.10. The minimum Gasteiger partial charge on any atom is -0.457 e. The molecular formula is C24H17BrN2O. The maximum absolute atomic E-state index is 7.77. The molecule has 0 N–H and O–H groups in total. The Morgan fingerprint density at radius 1 is 0.857 bits per heavy atom. The summed E-state index contributed by atoms with van der Waals surface area (Å²) in [6, 6.07) is 24.7. The Kier molecular flexibility index (Phi) is 3.39. The molecule has 2 aromatic heterocycles. The first-order valence-corrected chi connectivity index (χ1v) is 9.63. The van der Waals surface area contributed by atoms with Crippen molar-refractivity contribution in [2.24, 2.45) is 0 Å². The van der Waals surface area contributed by atoms with Crippen LogP contribution in [0.3, 0.4) is 0 Å². The number of aromatic nitrogens is 2. The largest absolute Gasteiger partial charge is 0.457 e. The number of para-hydroxylation sites is 1. The van der Waals surface area contributed by atoms with Crippen LogP contribution in [0, 0.1) is 6.85 Å². The molecule has 0 atom stereocenters. The van der Waals surface area contributed by atoms with Gasteiger partial charge in [-0.25, -0.2) is 4.98 Å². The van der Waals surface area contributed by atoms with E-state index in [4.69, 9.17) is 8.85 Å². The molecule has 0 amide bonds. The molecule has 3 aromatic carbocycles. The topological polar surface area (TPSA) is 27.1 Å². The molecule has 3 nitrogen and oxygen atoms in total. The highest BCUT2D eigenvalue weighted by atomic mass is 79.9. The van der Waals surface area contributed by atoms with Crippen LogP contribution in [0.2, 0.25) is 0 Å². The third kappa shape index (κ3) is 2.96.